The Bertz CT molecular complexity index is 2110. The van der Waals surface area contributed by atoms with E-state index in [0.717, 1.165) is 82.2 Å². The molecule has 0 aliphatic rings. The summed E-state index contributed by atoms with van der Waals surface area (Å²) in [7, 11) is 0. The van der Waals surface area contributed by atoms with Gasteiger partial charge < -0.3 is 14.2 Å². The fraction of sp³-hybridized carbons (Fsp3) is 0.484. The van der Waals surface area contributed by atoms with Gasteiger partial charge in [-0.15, -0.1) is 0 Å². The lowest BCUT2D eigenvalue weighted by atomic mass is 9.96. The Balaban J connectivity index is 1.24. The molecule has 7 heteroatoms. The topological polar surface area (TPSA) is 79.2 Å². The fourth-order valence-corrected chi connectivity index (χ4v) is 8.48. The van der Waals surface area contributed by atoms with Gasteiger partial charge in [0.05, 0.1) is 13.2 Å². The van der Waals surface area contributed by atoms with Crippen LogP contribution in [0, 0.1) is 11.8 Å². The second kappa shape index (κ2) is 29.6. The van der Waals surface area contributed by atoms with Gasteiger partial charge in [-0.1, -0.05) is 204 Å². The van der Waals surface area contributed by atoms with Gasteiger partial charge in [0.15, 0.2) is 11.6 Å². The van der Waals surface area contributed by atoms with E-state index in [1.54, 1.807) is 0 Å². The Kier molecular flexibility index (Phi) is 22.7. The first kappa shape index (κ1) is 53.0. The van der Waals surface area contributed by atoms with Gasteiger partial charge in [0.25, 0.3) is 0 Å². The molecule has 4 aromatic carbocycles. The molecule has 0 aliphatic heterocycles. The Labute approximate surface area is 416 Å². The molecule has 6 rings (SSSR count). The molecular weight excluding hydrogens is 849 g/mol. The van der Waals surface area contributed by atoms with E-state index in [-0.39, 0.29) is 0 Å². The average molecular weight is 931 g/mol. The second-order valence-corrected chi connectivity index (χ2v) is 19.5. The Morgan fingerprint density at radius 2 is 0.681 bits per heavy atom. The van der Waals surface area contributed by atoms with Gasteiger partial charge in [-0.25, -0.2) is 19.9 Å². The molecule has 69 heavy (non-hydrogen) atoms. The lowest BCUT2D eigenvalue weighted by molar-refractivity contribution is 0.0308. The zero-order chi connectivity index (χ0) is 48.5. The number of nitrogens with zero attached hydrogens (tertiary/aromatic N) is 4. The van der Waals surface area contributed by atoms with Crippen LogP contribution in [0.5, 0.6) is 11.5 Å². The van der Waals surface area contributed by atoms with Crippen LogP contribution in [-0.4, -0.2) is 33.1 Å². The molecule has 0 fully saturated rings. The van der Waals surface area contributed by atoms with Crippen molar-refractivity contribution in [3.8, 4) is 34.3 Å². The first-order valence-electron chi connectivity index (χ1n) is 26.8. The minimum Gasteiger partial charge on any atom is -0.493 e. The summed E-state index contributed by atoms with van der Waals surface area (Å²) in [5, 5.41) is 0. The molecule has 0 saturated carbocycles. The molecule has 2 heterocycles. The number of aromatic nitrogens is 4. The van der Waals surface area contributed by atoms with E-state index in [1.807, 2.05) is 24.8 Å². The molecule has 4 unspecified atom stereocenters. The van der Waals surface area contributed by atoms with Gasteiger partial charge in [0.2, 0.25) is 0 Å². The Morgan fingerprint density at radius 1 is 0.377 bits per heavy atom. The summed E-state index contributed by atoms with van der Waals surface area (Å²) in [4.78, 5) is 19.2. The molecule has 4 atom stereocenters. The lowest BCUT2D eigenvalue weighted by Gasteiger charge is -2.27. The van der Waals surface area contributed by atoms with Crippen LogP contribution < -0.4 is 9.47 Å². The third-order valence-corrected chi connectivity index (χ3v) is 13.6. The molecule has 6 aromatic rings. The van der Waals surface area contributed by atoms with Crippen molar-refractivity contribution in [2.75, 3.05) is 13.2 Å². The normalized spacial score (nSPS) is 13.2. The first-order chi connectivity index (χ1) is 33.9. The number of hydrogen-bond donors (Lipinski definition) is 0. The maximum Gasteiger partial charge on any atom is 0.159 e. The van der Waals surface area contributed by atoms with Crippen LogP contribution in [0.1, 0.15) is 190 Å². The summed E-state index contributed by atoms with van der Waals surface area (Å²) in [5.41, 5.74) is 8.47. The summed E-state index contributed by atoms with van der Waals surface area (Å²) in [5.74, 6) is 4.13. The van der Waals surface area contributed by atoms with Gasteiger partial charge >= 0.3 is 0 Å². The first-order valence-corrected chi connectivity index (χ1v) is 26.8. The lowest BCUT2D eigenvalue weighted by Crippen LogP contribution is -2.14. The monoisotopic (exact) mass is 931 g/mol. The highest BCUT2D eigenvalue weighted by Gasteiger charge is 2.25. The molecule has 2 aromatic heterocycles. The molecule has 0 N–H and O–H groups in total. The van der Waals surface area contributed by atoms with E-state index in [1.165, 1.54) is 101 Å². The van der Waals surface area contributed by atoms with Crippen molar-refractivity contribution in [2.45, 2.75) is 169 Å². The zero-order valence-corrected chi connectivity index (χ0v) is 43.0. The standard InChI is InChI=1S/C62H82N4O3/c1-7-11-13-15-17-19-21-23-49-41-63-61(64-42-49)55-29-25-51(26-30-55)59(53-33-37-57(38-34-53)67-45-47(5)9-3)69-60(54-35-39-58(40-36-54)68-46-48(6)10-4)52-27-31-56(32-28-52)62-65-43-50(44-66-62)24-22-20-18-16-14-12-8-2/h25-44,47-48,59-60H,7-24,45-46H2,1-6H3. The van der Waals surface area contributed by atoms with E-state index >= 15 is 0 Å². The third kappa shape index (κ3) is 17.5. The smallest absolute Gasteiger partial charge is 0.159 e. The number of unbranched alkanes of at least 4 members (excludes halogenated alkanes) is 12. The minimum atomic E-state index is -0.411. The summed E-state index contributed by atoms with van der Waals surface area (Å²) in [6.45, 7) is 14.7. The van der Waals surface area contributed by atoms with Crippen molar-refractivity contribution in [3.05, 3.63) is 155 Å². The molecule has 0 amide bonds. The quantitative estimate of drug-likeness (QED) is 0.0390. The van der Waals surface area contributed by atoms with Crippen LogP contribution in [0.2, 0.25) is 0 Å². The molecule has 0 spiro atoms. The van der Waals surface area contributed by atoms with Crippen LogP contribution in [0.15, 0.2) is 122 Å². The predicted octanol–water partition coefficient (Wildman–Crippen LogP) is 16.9. The maximum absolute atomic E-state index is 7.43. The van der Waals surface area contributed by atoms with Crippen molar-refractivity contribution in [1.29, 1.82) is 0 Å². The second-order valence-electron chi connectivity index (χ2n) is 19.5. The number of ether oxygens (including phenoxy) is 3. The summed E-state index contributed by atoms with van der Waals surface area (Å²) >= 11 is 0. The summed E-state index contributed by atoms with van der Waals surface area (Å²) < 4.78 is 19.8. The van der Waals surface area contributed by atoms with E-state index < -0.39 is 12.2 Å². The summed E-state index contributed by atoms with van der Waals surface area (Å²) in [6, 6.07) is 33.9. The molecule has 0 radical (unpaired) electrons. The number of hydrogen-bond acceptors (Lipinski definition) is 7. The van der Waals surface area contributed by atoms with Gasteiger partial charge in [-0.2, -0.15) is 0 Å². The highest BCUT2D eigenvalue weighted by molar-refractivity contribution is 5.57. The Hall–Kier alpha value is -5.40. The van der Waals surface area contributed by atoms with Crippen LogP contribution in [0.4, 0.5) is 0 Å². The van der Waals surface area contributed by atoms with Crippen LogP contribution >= 0.6 is 0 Å². The van der Waals surface area contributed by atoms with Crippen LogP contribution in [-0.2, 0) is 17.6 Å². The third-order valence-electron chi connectivity index (χ3n) is 13.6. The van der Waals surface area contributed by atoms with Gasteiger partial charge in [-0.3, -0.25) is 0 Å². The molecule has 7 nitrogen and oxygen atoms in total. The molecule has 368 valence electrons. The molecule has 0 aliphatic carbocycles. The number of rotatable bonds is 32. The largest absolute Gasteiger partial charge is 0.493 e. The van der Waals surface area contributed by atoms with Crippen LogP contribution in [0.3, 0.4) is 0 Å². The highest BCUT2D eigenvalue weighted by atomic mass is 16.5. The molecule has 0 bridgehead atoms. The van der Waals surface area contributed by atoms with E-state index in [4.69, 9.17) is 34.1 Å². The van der Waals surface area contributed by atoms with E-state index in [0.29, 0.717) is 25.0 Å². The van der Waals surface area contributed by atoms with E-state index in [2.05, 4.69) is 139 Å². The van der Waals surface area contributed by atoms with Gasteiger partial charge in [0, 0.05) is 35.9 Å². The van der Waals surface area contributed by atoms with Crippen molar-refractivity contribution in [1.82, 2.24) is 19.9 Å². The summed E-state index contributed by atoms with van der Waals surface area (Å²) in [6.07, 6.45) is 29.5. The molecule has 0 saturated heterocycles. The highest BCUT2D eigenvalue weighted by Crippen LogP contribution is 2.38. The van der Waals surface area contributed by atoms with Crippen molar-refractivity contribution in [2.24, 2.45) is 11.8 Å². The zero-order valence-electron chi connectivity index (χ0n) is 43.0. The molecular formula is C62H82N4O3. The fourth-order valence-electron chi connectivity index (χ4n) is 8.48. The number of aryl methyl sites for hydroxylation is 2. The van der Waals surface area contributed by atoms with Crippen LogP contribution in [0.25, 0.3) is 22.8 Å². The number of benzene rings is 4. The van der Waals surface area contributed by atoms with Crippen molar-refractivity contribution in [3.63, 3.8) is 0 Å². The minimum absolute atomic E-state index is 0.411. The average Bonchev–Trinajstić information content (AvgIpc) is 3.40. The van der Waals surface area contributed by atoms with Gasteiger partial charge in [-0.05, 0) is 95.2 Å². The predicted molar refractivity (Wildman–Crippen MR) is 286 cm³/mol. The maximum atomic E-state index is 7.43. The van der Waals surface area contributed by atoms with Crippen molar-refractivity contribution >= 4 is 0 Å². The Morgan fingerprint density at radius 3 is 1.00 bits per heavy atom. The van der Waals surface area contributed by atoms with Crippen molar-refractivity contribution < 1.29 is 14.2 Å². The van der Waals surface area contributed by atoms with E-state index in [9.17, 15) is 0 Å². The SMILES string of the molecule is CCCCCCCCCc1cnc(-c2ccc(C(OC(c3ccc(OCC(C)CC)cc3)c3ccc(-c4ncc(CCCCCCCCC)cn4)cc3)c3ccc(OCC(C)CC)cc3)cc2)nc1. The van der Waals surface area contributed by atoms with Gasteiger partial charge in [0.1, 0.15) is 23.7 Å².